The lowest BCUT2D eigenvalue weighted by Crippen LogP contribution is -2.78. The van der Waals surface area contributed by atoms with Crippen molar-refractivity contribution in [3.8, 4) is 0 Å². The van der Waals surface area contributed by atoms with E-state index in [1.807, 2.05) is 0 Å². The summed E-state index contributed by atoms with van der Waals surface area (Å²) in [6.45, 7) is 6.64. The van der Waals surface area contributed by atoms with E-state index in [0.717, 1.165) is 7.11 Å². The first-order valence-corrected chi connectivity index (χ1v) is 12.4. The third kappa shape index (κ3) is 3.04. The van der Waals surface area contributed by atoms with Crippen molar-refractivity contribution in [2.45, 2.75) is 70.6 Å². The first kappa shape index (κ1) is 25.9. The van der Waals surface area contributed by atoms with Crippen molar-refractivity contribution in [1.82, 2.24) is 0 Å². The number of rotatable bonds is 4. The molecule has 2 aliphatic heterocycles. The van der Waals surface area contributed by atoms with Crippen LogP contribution >= 0.6 is 0 Å². The first-order chi connectivity index (χ1) is 17.3. The summed E-state index contributed by atoms with van der Waals surface area (Å²) in [5, 5.41) is 33.6. The predicted molar refractivity (Wildman–Crippen MR) is 122 cm³/mol. The Morgan fingerprint density at radius 2 is 1.89 bits per heavy atom. The third-order valence-corrected chi connectivity index (χ3v) is 9.16. The molecule has 9 atom stereocenters. The zero-order valence-corrected chi connectivity index (χ0v) is 21.3. The third-order valence-electron chi connectivity index (χ3n) is 9.16. The Balaban J connectivity index is 1.75. The monoisotopic (exact) mass is 520 g/mol. The quantitative estimate of drug-likeness (QED) is 0.349. The molecule has 2 saturated carbocycles. The Labute approximate surface area is 213 Å². The molecule has 0 unspecified atom stereocenters. The molecule has 37 heavy (non-hydrogen) atoms. The van der Waals surface area contributed by atoms with Crippen molar-refractivity contribution >= 4 is 23.7 Å². The molecule has 5 rings (SSSR count). The topological polar surface area (TPSA) is 166 Å². The van der Waals surface area contributed by atoms with Gasteiger partial charge in [-0.15, -0.1) is 0 Å². The van der Waals surface area contributed by atoms with Crippen LogP contribution in [0.4, 0.5) is 0 Å². The van der Waals surface area contributed by atoms with E-state index in [2.05, 4.69) is 0 Å². The summed E-state index contributed by atoms with van der Waals surface area (Å²) in [5.41, 5.74) is -3.92. The maximum absolute atomic E-state index is 13.4. The summed E-state index contributed by atoms with van der Waals surface area (Å²) in [6, 6.07) is 0. The highest BCUT2D eigenvalue weighted by atomic mass is 16.6. The number of carbonyl (C=O) groups is 4. The maximum Gasteiger partial charge on any atom is 0.348 e. The van der Waals surface area contributed by atoms with Crippen LogP contribution in [0.15, 0.2) is 23.0 Å². The molecule has 11 nitrogen and oxygen atoms in total. The normalized spacial score (nSPS) is 44.1. The molecule has 3 aliphatic carbocycles. The molecule has 0 radical (unpaired) electrons. The molecule has 3 N–H and O–H groups in total. The molecule has 4 fully saturated rings. The van der Waals surface area contributed by atoms with Crippen molar-refractivity contribution in [2.75, 3.05) is 13.7 Å². The molecule has 0 aromatic heterocycles. The van der Waals surface area contributed by atoms with Gasteiger partial charge >= 0.3 is 17.9 Å². The van der Waals surface area contributed by atoms with Crippen molar-refractivity contribution in [2.24, 2.45) is 28.6 Å². The van der Waals surface area contributed by atoms with E-state index in [4.69, 9.17) is 18.9 Å². The SMILES string of the molecule is COC(=O)[C@@]12OC[C@@]34[C@@H](CC5=C(C)C(=O)C(O)=C[C@]5(C)[C@H]3[C@@H](O)[C@@H]1O)OC(=O)[C@H](OC(=O)CC(C)C)[C@@H]24. The fourth-order valence-corrected chi connectivity index (χ4v) is 7.84. The Morgan fingerprint density at radius 3 is 2.51 bits per heavy atom. The number of esters is 3. The lowest BCUT2D eigenvalue weighted by molar-refractivity contribution is -0.273. The van der Waals surface area contributed by atoms with Gasteiger partial charge in [0.1, 0.15) is 12.2 Å². The van der Waals surface area contributed by atoms with E-state index in [0.29, 0.717) is 5.57 Å². The van der Waals surface area contributed by atoms with Crippen molar-refractivity contribution in [3.63, 3.8) is 0 Å². The molecule has 1 spiro atoms. The highest BCUT2D eigenvalue weighted by Crippen LogP contribution is 2.71. The summed E-state index contributed by atoms with van der Waals surface area (Å²) in [7, 11) is 1.09. The molecule has 11 heteroatoms. The zero-order chi connectivity index (χ0) is 27.2. The number of Topliss-reactive ketones (excluding diaryl/α,β-unsaturated/α-hetero) is 1. The molecule has 2 saturated heterocycles. The van der Waals surface area contributed by atoms with Crippen LogP contribution in [0.1, 0.15) is 40.5 Å². The zero-order valence-electron chi connectivity index (χ0n) is 21.3. The fourth-order valence-electron chi connectivity index (χ4n) is 7.84. The molecule has 0 aromatic carbocycles. The van der Waals surface area contributed by atoms with Crippen LogP contribution in [0.5, 0.6) is 0 Å². The molecular weight excluding hydrogens is 488 g/mol. The van der Waals surface area contributed by atoms with Crippen LogP contribution in [0.2, 0.25) is 0 Å². The summed E-state index contributed by atoms with van der Waals surface area (Å²) in [4.78, 5) is 52.0. The largest absolute Gasteiger partial charge is 0.504 e. The number of fused-ring (bicyclic) bond motifs is 2. The predicted octanol–water partition coefficient (Wildman–Crippen LogP) is 0.517. The highest BCUT2D eigenvalue weighted by Gasteiger charge is 2.84. The van der Waals surface area contributed by atoms with Gasteiger partial charge in [0.05, 0.1) is 25.7 Å². The average Bonchev–Trinajstić information content (AvgIpc) is 3.12. The smallest absolute Gasteiger partial charge is 0.348 e. The van der Waals surface area contributed by atoms with Gasteiger partial charge in [-0.2, -0.15) is 0 Å². The summed E-state index contributed by atoms with van der Waals surface area (Å²) < 4.78 is 22.5. The average molecular weight is 521 g/mol. The van der Waals surface area contributed by atoms with Gasteiger partial charge < -0.3 is 34.3 Å². The molecular formula is C26H32O11. The maximum atomic E-state index is 13.4. The van der Waals surface area contributed by atoms with Crippen molar-refractivity contribution < 1.29 is 53.4 Å². The minimum absolute atomic E-state index is 0.00383. The van der Waals surface area contributed by atoms with Gasteiger partial charge in [-0.1, -0.05) is 20.8 Å². The number of hydrogen-bond acceptors (Lipinski definition) is 11. The van der Waals surface area contributed by atoms with Gasteiger partial charge in [-0.3, -0.25) is 9.59 Å². The van der Waals surface area contributed by atoms with Gasteiger partial charge in [0, 0.05) is 35.2 Å². The summed E-state index contributed by atoms with van der Waals surface area (Å²) >= 11 is 0. The van der Waals surface area contributed by atoms with Crippen LogP contribution in [0.25, 0.3) is 0 Å². The number of methoxy groups -OCH3 is 1. The molecule has 5 aliphatic rings. The Hall–Kier alpha value is -2.76. The van der Waals surface area contributed by atoms with Gasteiger partial charge in [-0.05, 0) is 24.5 Å². The van der Waals surface area contributed by atoms with E-state index in [9.17, 15) is 34.5 Å². The molecule has 202 valence electrons. The standard InChI is InChI=1S/C26H32O11/c1-10(2)6-15(28)37-18-20-25-9-35-26(20,23(33)34-5)21(31)17(30)19(25)24(4)8-13(27)16(29)11(3)12(24)7-14(25)36-22(18)32/h8,10,14,17-21,27,30-31H,6-7,9H2,1-5H3/t14-,17-,18-,19-,20-,21+,24+,25-,26+/m1/s1. The van der Waals surface area contributed by atoms with E-state index in [-0.39, 0.29) is 30.9 Å². The first-order valence-electron chi connectivity index (χ1n) is 12.4. The summed E-state index contributed by atoms with van der Waals surface area (Å²) in [5.74, 6) is -6.03. The second kappa shape index (κ2) is 8.12. The minimum atomic E-state index is -2.21. The number of carbonyl (C=O) groups excluding carboxylic acids is 4. The lowest BCUT2D eigenvalue weighted by Gasteiger charge is -2.65. The minimum Gasteiger partial charge on any atom is -0.504 e. The van der Waals surface area contributed by atoms with Crippen LogP contribution < -0.4 is 0 Å². The van der Waals surface area contributed by atoms with E-state index in [1.54, 1.807) is 27.7 Å². The van der Waals surface area contributed by atoms with Crippen molar-refractivity contribution in [1.29, 1.82) is 0 Å². The second-order valence-electron chi connectivity index (χ2n) is 11.5. The lowest BCUT2D eigenvalue weighted by atomic mass is 9.40. The number of ketones is 1. The number of hydrogen-bond donors (Lipinski definition) is 3. The highest BCUT2D eigenvalue weighted by molar-refractivity contribution is 6.08. The Kier molecular flexibility index (Phi) is 5.68. The number of allylic oxidation sites excluding steroid dienone is 2. The Bertz CT molecular complexity index is 1150. The molecule has 2 heterocycles. The van der Waals surface area contributed by atoms with Crippen LogP contribution in [0.3, 0.4) is 0 Å². The van der Waals surface area contributed by atoms with Gasteiger partial charge in [0.2, 0.25) is 17.5 Å². The van der Waals surface area contributed by atoms with Crippen LogP contribution in [-0.4, -0.2) is 82.7 Å². The molecule has 0 aromatic rings. The van der Waals surface area contributed by atoms with Gasteiger partial charge in [-0.25, -0.2) is 9.59 Å². The number of aliphatic hydroxyl groups excluding tert-OH is 3. The van der Waals surface area contributed by atoms with Crippen LogP contribution in [0, 0.1) is 28.6 Å². The van der Waals surface area contributed by atoms with Gasteiger partial charge in [0.25, 0.3) is 0 Å². The Morgan fingerprint density at radius 1 is 1.22 bits per heavy atom. The number of ether oxygens (including phenoxy) is 4. The molecule has 0 amide bonds. The van der Waals surface area contributed by atoms with E-state index >= 15 is 0 Å². The number of aliphatic hydroxyl groups is 3. The summed E-state index contributed by atoms with van der Waals surface area (Å²) in [6.07, 6.45) is -4.68. The molecule has 2 bridgehead atoms. The van der Waals surface area contributed by atoms with E-state index in [1.165, 1.54) is 6.08 Å². The van der Waals surface area contributed by atoms with Crippen molar-refractivity contribution in [3.05, 3.63) is 23.0 Å². The van der Waals surface area contributed by atoms with Crippen LogP contribution in [-0.2, 0) is 38.1 Å². The van der Waals surface area contributed by atoms with E-state index < -0.39 is 82.1 Å². The van der Waals surface area contributed by atoms with Gasteiger partial charge in [0.15, 0.2) is 5.76 Å². The second-order valence-corrected chi connectivity index (χ2v) is 11.5. The fraction of sp³-hybridized carbons (Fsp3) is 0.692.